The third kappa shape index (κ3) is 2.70. The van der Waals surface area contributed by atoms with Gasteiger partial charge in [-0.25, -0.2) is 0 Å². The molecule has 9 unspecified atom stereocenters. The maximum absolute atomic E-state index is 12.2. The van der Waals surface area contributed by atoms with E-state index in [1.165, 1.54) is 37.7 Å². The molecule has 0 aromatic heterocycles. The van der Waals surface area contributed by atoms with Gasteiger partial charge >= 0.3 is 5.97 Å². The van der Waals surface area contributed by atoms with E-state index >= 15 is 0 Å². The summed E-state index contributed by atoms with van der Waals surface area (Å²) >= 11 is 0. The Kier molecular flexibility index (Phi) is 4.86. The summed E-state index contributed by atoms with van der Waals surface area (Å²) in [4.78, 5) is 24.3. The van der Waals surface area contributed by atoms with Crippen LogP contribution in [-0.2, 0) is 14.3 Å². The number of hydrogen-bond donors (Lipinski definition) is 0. The third-order valence-corrected chi connectivity index (χ3v) is 10.7. The van der Waals surface area contributed by atoms with E-state index in [4.69, 9.17) is 4.74 Å². The molecule has 6 aliphatic rings. The Balaban J connectivity index is 0.000000646. The molecule has 0 spiro atoms. The Morgan fingerprint density at radius 2 is 1.81 bits per heavy atom. The van der Waals surface area contributed by atoms with Gasteiger partial charge in [0.25, 0.3) is 0 Å². The Morgan fingerprint density at radius 1 is 1.10 bits per heavy atom. The summed E-state index contributed by atoms with van der Waals surface area (Å²) in [6, 6.07) is 0. The summed E-state index contributed by atoms with van der Waals surface area (Å²) in [5, 5.41) is 0. The fourth-order valence-corrected chi connectivity index (χ4v) is 9.67. The Labute approximate surface area is 188 Å². The lowest BCUT2D eigenvalue weighted by molar-refractivity contribution is -0.193. The van der Waals surface area contributed by atoms with E-state index < -0.39 is 0 Å². The van der Waals surface area contributed by atoms with Gasteiger partial charge in [-0.2, -0.15) is 0 Å². The van der Waals surface area contributed by atoms with Crippen LogP contribution in [0.4, 0.5) is 0 Å². The molecule has 0 N–H and O–H groups in total. The van der Waals surface area contributed by atoms with Crippen molar-refractivity contribution in [2.24, 2.45) is 52.3 Å². The van der Waals surface area contributed by atoms with Gasteiger partial charge in [0.05, 0.1) is 0 Å². The minimum atomic E-state index is -0.233. The number of ketones is 1. The van der Waals surface area contributed by atoms with Gasteiger partial charge in [0.15, 0.2) is 5.78 Å². The molecule has 31 heavy (non-hydrogen) atoms. The van der Waals surface area contributed by atoms with Crippen LogP contribution in [-0.4, -0.2) is 17.4 Å². The van der Waals surface area contributed by atoms with Gasteiger partial charge in [-0.1, -0.05) is 46.6 Å². The maximum Gasteiger partial charge on any atom is 0.303 e. The van der Waals surface area contributed by atoms with Crippen LogP contribution in [0.2, 0.25) is 0 Å². The summed E-state index contributed by atoms with van der Waals surface area (Å²) in [6.07, 6.45) is 11.0. The number of carbonyl (C=O) groups excluding carboxylic acids is 2. The standard InChI is InChI=1S/C25H34O3.C3H8/c1-5-25(28-13(2)26)20-12-17(20)22-21-16-11-15(16)19-10-14(27)6-8-23(19,3)18(21)7-9-24(22,25)4;1-3-2/h10,15-18,20-22H,5-9,11-12H2,1-4H3;3H2,1-2H3/t15?,16?,17?,18?,20?,21?,22?,23?,24?,25-;/m0./s1. The monoisotopic (exact) mass is 426 g/mol. The molecule has 0 heterocycles. The Bertz CT molecular complexity index is 828. The summed E-state index contributed by atoms with van der Waals surface area (Å²) in [7, 11) is 0. The molecular weight excluding hydrogens is 384 g/mol. The lowest BCUT2D eigenvalue weighted by atomic mass is 9.45. The molecule has 0 aromatic carbocycles. The van der Waals surface area contributed by atoms with Crippen LogP contribution in [0, 0.1) is 52.3 Å². The van der Waals surface area contributed by atoms with Crippen molar-refractivity contribution in [3.05, 3.63) is 11.6 Å². The highest BCUT2D eigenvalue weighted by Gasteiger charge is 2.79. The van der Waals surface area contributed by atoms with E-state index in [9.17, 15) is 9.59 Å². The van der Waals surface area contributed by atoms with Gasteiger partial charge < -0.3 is 4.74 Å². The number of ether oxygens (including phenoxy) is 1. The molecule has 3 nitrogen and oxygen atoms in total. The van der Waals surface area contributed by atoms with Gasteiger partial charge in [0, 0.05) is 24.7 Å². The average molecular weight is 427 g/mol. The lowest BCUT2D eigenvalue weighted by Gasteiger charge is -2.60. The summed E-state index contributed by atoms with van der Waals surface area (Å²) in [6.45, 7) is 13.1. The SMILES string of the molecule is CCC.CC[C@]1(OC(C)=O)C2CC2C2C3C4CC4C4=CC(=O)CCC4(C)C3CCC21C. The third-order valence-electron chi connectivity index (χ3n) is 10.7. The zero-order valence-electron chi connectivity index (χ0n) is 20.5. The molecule has 0 amide bonds. The molecule has 10 atom stereocenters. The van der Waals surface area contributed by atoms with E-state index in [0.717, 1.165) is 42.9 Å². The van der Waals surface area contributed by atoms with Crippen LogP contribution in [0.5, 0.6) is 0 Å². The van der Waals surface area contributed by atoms with Crippen LogP contribution in [0.25, 0.3) is 0 Å². The number of carbonyl (C=O) groups is 2. The van der Waals surface area contributed by atoms with E-state index in [1.54, 1.807) is 6.92 Å². The predicted molar refractivity (Wildman–Crippen MR) is 122 cm³/mol. The molecule has 0 aliphatic heterocycles. The fourth-order valence-electron chi connectivity index (χ4n) is 9.67. The molecule has 0 saturated heterocycles. The molecule has 0 aromatic rings. The topological polar surface area (TPSA) is 43.4 Å². The van der Waals surface area contributed by atoms with Gasteiger partial charge in [-0.05, 0) is 85.5 Å². The number of rotatable bonds is 2. The number of esters is 1. The molecule has 172 valence electrons. The number of allylic oxidation sites excluding steroid dienone is 1. The van der Waals surface area contributed by atoms with Crippen molar-refractivity contribution >= 4 is 11.8 Å². The minimum Gasteiger partial charge on any atom is -0.458 e. The second-order valence-corrected chi connectivity index (χ2v) is 12.2. The molecule has 3 heteroatoms. The molecule has 5 fully saturated rings. The molecular formula is C28H42O3. The quantitative estimate of drug-likeness (QED) is 0.483. The molecule has 0 bridgehead atoms. The van der Waals surface area contributed by atoms with Gasteiger partial charge in [-0.15, -0.1) is 0 Å². The fraction of sp³-hybridized carbons (Fsp3) is 0.857. The van der Waals surface area contributed by atoms with Crippen LogP contribution >= 0.6 is 0 Å². The number of hydrogen-bond acceptors (Lipinski definition) is 3. The number of fused-ring (bicyclic) bond motifs is 10. The van der Waals surface area contributed by atoms with Crippen molar-refractivity contribution in [2.45, 2.75) is 98.5 Å². The van der Waals surface area contributed by atoms with Crippen LogP contribution in [0.1, 0.15) is 92.9 Å². The van der Waals surface area contributed by atoms with Crippen molar-refractivity contribution < 1.29 is 14.3 Å². The summed E-state index contributed by atoms with van der Waals surface area (Å²) in [5.74, 6) is 5.28. The second kappa shape index (κ2) is 6.94. The Hall–Kier alpha value is -1.12. The van der Waals surface area contributed by atoms with Gasteiger partial charge in [0.1, 0.15) is 5.60 Å². The summed E-state index contributed by atoms with van der Waals surface area (Å²) in [5.41, 5.74) is 1.66. The molecule has 5 saturated carbocycles. The molecule has 6 aliphatic carbocycles. The van der Waals surface area contributed by atoms with Gasteiger partial charge in [-0.3, -0.25) is 9.59 Å². The van der Waals surface area contributed by atoms with Gasteiger partial charge in [0.2, 0.25) is 0 Å². The first kappa shape index (κ1) is 21.7. The van der Waals surface area contributed by atoms with E-state index in [-0.39, 0.29) is 22.4 Å². The van der Waals surface area contributed by atoms with E-state index in [0.29, 0.717) is 23.5 Å². The maximum atomic E-state index is 12.2. The predicted octanol–water partition coefficient (Wildman–Crippen LogP) is 6.36. The van der Waals surface area contributed by atoms with E-state index in [1.807, 2.05) is 0 Å². The van der Waals surface area contributed by atoms with Crippen molar-refractivity contribution in [2.75, 3.05) is 0 Å². The van der Waals surface area contributed by atoms with Crippen molar-refractivity contribution in [1.82, 2.24) is 0 Å². The average Bonchev–Trinajstić information content (AvgIpc) is 3.61. The van der Waals surface area contributed by atoms with Crippen molar-refractivity contribution in [3.63, 3.8) is 0 Å². The first-order valence-electron chi connectivity index (χ1n) is 13.1. The Morgan fingerprint density at radius 3 is 2.45 bits per heavy atom. The first-order valence-corrected chi connectivity index (χ1v) is 13.1. The van der Waals surface area contributed by atoms with Crippen LogP contribution in [0.15, 0.2) is 11.6 Å². The zero-order valence-corrected chi connectivity index (χ0v) is 20.5. The zero-order chi connectivity index (χ0) is 22.3. The molecule has 0 radical (unpaired) electrons. The lowest BCUT2D eigenvalue weighted by Crippen LogP contribution is -2.58. The summed E-state index contributed by atoms with van der Waals surface area (Å²) < 4.78 is 6.25. The van der Waals surface area contributed by atoms with E-state index in [2.05, 4.69) is 40.7 Å². The highest BCUT2D eigenvalue weighted by atomic mass is 16.6. The first-order chi connectivity index (χ1) is 14.7. The molecule has 6 rings (SSSR count). The van der Waals surface area contributed by atoms with Crippen molar-refractivity contribution in [1.29, 1.82) is 0 Å². The van der Waals surface area contributed by atoms with Crippen LogP contribution < -0.4 is 0 Å². The van der Waals surface area contributed by atoms with Crippen molar-refractivity contribution in [3.8, 4) is 0 Å². The second-order valence-electron chi connectivity index (χ2n) is 12.2. The highest BCUT2D eigenvalue weighted by molar-refractivity contribution is 5.92. The smallest absolute Gasteiger partial charge is 0.303 e. The largest absolute Gasteiger partial charge is 0.458 e. The minimum absolute atomic E-state index is 0.0904. The highest BCUT2D eigenvalue weighted by Crippen LogP contribution is 2.81. The van der Waals surface area contributed by atoms with Crippen LogP contribution in [0.3, 0.4) is 0 Å². The normalized spacial score (nSPS) is 52.8.